The molecule has 2 aromatic rings. The minimum atomic E-state index is -0.362. The molecule has 2 heterocycles. The Balaban J connectivity index is 1.91. The second-order valence-electron chi connectivity index (χ2n) is 6.39. The van der Waals surface area contributed by atoms with Crippen LogP contribution in [0, 0.1) is 5.92 Å². The highest BCUT2D eigenvalue weighted by Crippen LogP contribution is 2.29. The first kappa shape index (κ1) is 16.2. The first-order valence-electron chi connectivity index (χ1n) is 8.12. The topological polar surface area (TPSA) is 89.4 Å². The van der Waals surface area contributed by atoms with E-state index in [0.717, 1.165) is 5.56 Å². The summed E-state index contributed by atoms with van der Waals surface area (Å²) in [5, 5.41) is 0. The molecule has 0 unspecified atom stereocenters. The Labute approximate surface area is 140 Å². The first-order chi connectivity index (χ1) is 11.5. The van der Waals surface area contributed by atoms with Crippen LogP contribution in [0.25, 0.3) is 11.5 Å². The van der Waals surface area contributed by atoms with Gasteiger partial charge in [0.15, 0.2) is 5.69 Å². The Bertz CT molecular complexity index is 752. The van der Waals surface area contributed by atoms with Gasteiger partial charge in [-0.15, -0.1) is 0 Å². The van der Waals surface area contributed by atoms with Gasteiger partial charge in [0.05, 0.1) is 5.92 Å². The van der Waals surface area contributed by atoms with Crippen LogP contribution in [0.2, 0.25) is 0 Å². The highest BCUT2D eigenvalue weighted by Gasteiger charge is 2.33. The average Bonchev–Trinajstić information content (AvgIpc) is 3.22. The van der Waals surface area contributed by atoms with Crippen molar-refractivity contribution >= 4 is 11.8 Å². The maximum atomic E-state index is 12.8. The maximum Gasteiger partial charge on any atom is 0.276 e. The van der Waals surface area contributed by atoms with E-state index in [2.05, 4.69) is 4.98 Å². The van der Waals surface area contributed by atoms with Gasteiger partial charge in [0.25, 0.3) is 5.91 Å². The molecule has 6 nitrogen and oxygen atoms in total. The average molecular weight is 327 g/mol. The largest absolute Gasteiger partial charge is 0.440 e. The van der Waals surface area contributed by atoms with Gasteiger partial charge < -0.3 is 15.1 Å². The smallest absolute Gasteiger partial charge is 0.276 e. The number of carbonyl (C=O) groups excluding carboxylic acids is 2. The molecule has 1 aromatic carbocycles. The Hall–Kier alpha value is -2.63. The molecule has 2 N–H and O–H groups in total. The fraction of sp³-hybridized carbons (Fsp3) is 0.389. The van der Waals surface area contributed by atoms with Crippen LogP contribution < -0.4 is 5.73 Å². The molecular weight excluding hydrogens is 306 g/mol. The molecule has 126 valence electrons. The van der Waals surface area contributed by atoms with Crippen molar-refractivity contribution in [2.24, 2.45) is 11.7 Å². The third kappa shape index (κ3) is 3.04. The van der Waals surface area contributed by atoms with Crippen molar-refractivity contribution in [2.45, 2.75) is 26.2 Å². The van der Waals surface area contributed by atoms with E-state index in [1.54, 1.807) is 4.90 Å². The van der Waals surface area contributed by atoms with Gasteiger partial charge in [-0.05, 0) is 18.6 Å². The van der Waals surface area contributed by atoms with Crippen LogP contribution in [0.4, 0.5) is 0 Å². The molecule has 24 heavy (non-hydrogen) atoms. The fourth-order valence-corrected chi connectivity index (χ4v) is 2.91. The van der Waals surface area contributed by atoms with E-state index in [1.165, 1.54) is 0 Å². The number of primary amides is 1. The van der Waals surface area contributed by atoms with Gasteiger partial charge in [-0.25, -0.2) is 4.98 Å². The van der Waals surface area contributed by atoms with Crippen LogP contribution >= 0.6 is 0 Å². The zero-order chi connectivity index (χ0) is 17.3. The molecule has 0 aliphatic carbocycles. The third-order valence-electron chi connectivity index (χ3n) is 4.28. The Morgan fingerprint density at radius 3 is 2.58 bits per heavy atom. The fourth-order valence-electron chi connectivity index (χ4n) is 2.91. The van der Waals surface area contributed by atoms with Crippen LogP contribution in [0.3, 0.4) is 0 Å². The van der Waals surface area contributed by atoms with E-state index in [1.807, 2.05) is 44.2 Å². The van der Waals surface area contributed by atoms with Crippen molar-refractivity contribution in [3.8, 4) is 11.5 Å². The summed E-state index contributed by atoms with van der Waals surface area (Å²) in [7, 11) is 0. The minimum absolute atomic E-state index is 0.0310. The molecule has 0 bridgehead atoms. The Morgan fingerprint density at radius 2 is 2.00 bits per heavy atom. The molecule has 1 aliphatic rings. The quantitative estimate of drug-likeness (QED) is 0.934. The molecular formula is C18H21N3O3. The molecule has 1 atom stereocenters. The molecule has 1 fully saturated rings. The lowest BCUT2D eigenvalue weighted by Crippen LogP contribution is -2.32. The lowest BCUT2D eigenvalue weighted by atomic mass is 10.1. The molecule has 0 spiro atoms. The van der Waals surface area contributed by atoms with Gasteiger partial charge in [-0.1, -0.05) is 32.0 Å². The normalized spacial score (nSPS) is 17.5. The molecule has 3 rings (SSSR count). The van der Waals surface area contributed by atoms with E-state index in [9.17, 15) is 9.59 Å². The van der Waals surface area contributed by atoms with Crippen molar-refractivity contribution in [1.82, 2.24) is 9.88 Å². The highest BCUT2D eigenvalue weighted by molar-refractivity contribution is 5.94. The predicted octanol–water partition coefficient (Wildman–Crippen LogP) is 2.41. The minimum Gasteiger partial charge on any atom is -0.440 e. The van der Waals surface area contributed by atoms with Gasteiger partial charge in [-0.3, -0.25) is 9.59 Å². The number of nitrogens with zero attached hydrogens (tertiary/aromatic N) is 2. The number of hydrogen-bond acceptors (Lipinski definition) is 4. The summed E-state index contributed by atoms with van der Waals surface area (Å²) in [6.07, 6.45) is 0.599. The van der Waals surface area contributed by atoms with Crippen molar-refractivity contribution < 1.29 is 14.0 Å². The monoisotopic (exact) mass is 327 g/mol. The standard InChI is InChI=1S/C18H21N3O3/c1-11(2)15-14(18(23)21-9-8-13(10-21)16(19)22)20-17(24-15)12-6-4-3-5-7-12/h3-7,11,13H,8-10H2,1-2H3,(H2,19,22)/t13-/m0/s1. The van der Waals surface area contributed by atoms with Crippen LogP contribution in [0.15, 0.2) is 34.7 Å². The van der Waals surface area contributed by atoms with Crippen LogP contribution in [0.5, 0.6) is 0 Å². The second-order valence-corrected chi connectivity index (χ2v) is 6.39. The van der Waals surface area contributed by atoms with E-state index >= 15 is 0 Å². The van der Waals surface area contributed by atoms with E-state index in [4.69, 9.17) is 10.2 Å². The zero-order valence-electron chi connectivity index (χ0n) is 13.9. The number of oxazole rings is 1. The number of amides is 2. The van der Waals surface area contributed by atoms with Gasteiger partial charge in [-0.2, -0.15) is 0 Å². The van der Waals surface area contributed by atoms with Gasteiger partial charge in [0, 0.05) is 24.6 Å². The summed E-state index contributed by atoms with van der Waals surface area (Å²) in [5.41, 5.74) is 6.50. The lowest BCUT2D eigenvalue weighted by molar-refractivity contribution is -0.121. The summed E-state index contributed by atoms with van der Waals surface area (Å²) >= 11 is 0. The number of aromatic nitrogens is 1. The Morgan fingerprint density at radius 1 is 1.29 bits per heavy atom. The van der Waals surface area contributed by atoms with E-state index in [0.29, 0.717) is 36.9 Å². The Kier molecular flexibility index (Phi) is 4.38. The second kappa shape index (κ2) is 6.47. The molecule has 1 aromatic heterocycles. The summed E-state index contributed by atoms with van der Waals surface area (Å²) in [6.45, 7) is 4.78. The maximum absolute atomic E-state index is 12.8. The van der Waals surface area contributed by atoms with Crippen LogP contribution in [0.1, 0.15) is 42.4 Å². The van der Waals surface area contributed by atoms with Crippen molar-refractivity contribution in [3.05, 3.63) is 41.8 Å². The lowest BCUT2D eigenvalue weighted by Gasteiger charge is -2.15. The third-order valence-corrected chi connectivity index (χ3v) is 4.28. The van der Waals surface area contributed by atoms with E-state index in [-0.39, 0.29) is 23.7 Å². The van der Waals surface area contributed by atoms with Crippen molar-refractivity contribution in [2.75, 3.05) is 13.1 Å². The number of hydrogen-bond donors (Lipinski definition) is 1. The van der Waals surface area contributed by atoms with Crippen LogP contribution in [-0.2, 0) is 4.79 Å². The van der Waals surface area contributed by atoms with Gasteiger partial charge in [0.2, 0.25) is 11.8 Å². The van der Waals surface area contributed by atoms with Crippen molar-refractivity contribution in [3.63, 3.8) is 0 Å². The van der Waals surface area contributed by atoms with Gasteiger partial charge in [0.1, 0.15) is 5.76 Å². The number of nitrogens with two attached hydrogens (primary N) is 1. The predicted molar refractivity (Wildman–Crippen MR) is 89.2 cm³/mol. The summed E-state index contributed by atoms with van der Waals surface area (Å²) in [4.78, 5) is 30.2. The van der Waals surface area contributed by atoms with Gasteiger partial charge >= 0.3 is 0 Å². The summed E-state index contributed by atoms with van der Waals surface area (Å²) in [5.74, 6) is 0.197. The highest BCUT2D eigenvalue weighted by atomic mass is 16.4. The number of rotatable bonds is 4. The molecule has 1 aliphatic heterocycles. The van der Waals surface area contributed by atoms with E-state index < -0.39 is 0 Å². The molecule has 0 saturated carbocycles. The number of carbonyl (C=O) groups is 2. The summed E-state index contributed by atoms with van der Waals surface area (Å²) in [6, 6.07) is 9.49. The summed E-state index contributed by atoms with van der Waals surface area (Å²) < 4.78 is 5.87. The molecule has 2 amide bonds. The number of likely N-dealkylation sites (tertiary alicyclic amines) is 1. The molecule has 6 heteroatoms. The molecule has 0 radical (unpaired) electrons. The first-order valence-corrected chi connectivity index (χ1v) is 8.12. The SMILES string of the molecule is CC(C)c1oc(-c2ccccc2)nc1C(=O)N1CC[C@H](C(N)=O)C1. The number of benzene rings is 1. The zero-order valence-corrected chi connectivity index (χ0v) is 13.9. The molecule has 1 saturated heterocycles. The van der Waals surface area contributed by atoms with Crippen LogP contribution in [-0.4, -0.2) is 34.8 Å². The van der Waals surface area contributed by atoms with Crippen molar-refractivity contribution in [1.29, 1.82) is 0 Å².